The monoisotopic (exact) mass is 443 g/mol. The Balaban J connectivity index is 0.00000272. The smallest absolute Gasteiger partial charge is 0.299 e. The minimum atomic E-state index is -4.30. The molecule has 5 heteroatoms. The van der Waals surface area contributed by atoms with Crippen LogP contribution in [0, 0.1) is 0 Å². The van der Waals surface area contributed by atoms with Gasteiger partial charge in [-0.1, -0.05) is 72.8 Å². The van der Waals surface area contributed by atoms with Gasteiger partial charge < -0.3 is 0 Å². The summed E-state index contributed by atoms with van der Waals surface area (Å²) < 4.78 is 38.9. The molecule has 31 heavy (non-hydrogen) atoms. The molecule has 0 aliphatic carbocycles. The molecule has 1 aliphatic heterocycles. The molecule has 0 aromatic heterocycles. The normalized spacial score (nSPS) is 14.6. The lowest BCUT2D eigenvalue weighted by atomic mass is 9.97. The van der Waals surface area contributed by atoms with Crippen LogP contribution in [-0.4, -0.2) is 24.5 Å². The van der Waals surface area contributed by atoms with Gasteiger partial charge in [0.1, 0.15) is 0 Å². The van der Waals surface area contributed by atoms with Crippen LogP contribution < -0.4 is 0 Å². The molecule has 0 spiro atoms. The molecule has 0 N–H and O–H groups in total. The third-order valence-electron chi connectivity index (χ3n) is 5.63. The van der Waals surface area contributed by atoms with Crippen molar-refractivity contribution in [3.05, 3.63) is 102 Å². The lowest BCUT2D eigenvalue weighted by Gasteiger charge is -2.26. The van der Waals surface area contributed by atoms with Gasteiger partial charge in [-0.15, -0.1) is 12.4 Å². The van der Waals surface area contributed by atoms with Gasteiger partial charge in [0.25, 0.3) is 0 Å². The summed E-state index contributed by atoms with van der Waals surface area (Å²) in [7, 11) is 0. The first-order chi connectivity index (χ1) is 14.5. The summed E-state index contributed by atoms with van der Waals surface area (Å²) in [5, 5.41) is 0. The van der Waals surface area contributed by atoms with E-state index in [1.807, 2.05) is 18.2 Å². The number of hydrogen-bond donors (Lipinski definition) is 0. The fourth-order valence-electron chi connectivity index (χ4n) is 3.85. The maximum absolute atomic E-state index is 13.0. The average molecular weight is 444 g/mol. The Bertz CT molecular complexity index is 1010. The van der Waals surface area contributed by atoms with Crippen molar-refractivity contribution in [2.24, 2.45) is 0 Å². The maximum atomic E-state index is 13.0. The van der Waals surface area contributed by atoms with Crippen LogP contribution in [0.1, 0.15) is 23.1 Å². The van der Waals surface area contributed by atoms with Gasteiger partial charge in [-0.3, -0.25) is 4.90 Å². The van der Waals surface area contributed by atoms with Crippen LogP contribution in [0.15, 0.2) is 84.9 Å². The van der Waals surface area contributed by atoms with Crippen LogP contribution in [0.25, 0.3) is 16.7 Å². The van der Waals surface area contributed by atoms with E-state index in [0.717, 1.165) is 44.1 Å². The van der Waals surface area contributed by atoms with E-state index in [2.05, 4.69) is 47.4 Å². The fraction of sp³-hybridized carbons (Fsp3) is 0.231. The Hall–Kier alpha value is -2.56. The van der Waals surface area contributed by atoms with Crippen LogP contribution in [0.4, 0.5) is 13.2 Å². The zero-order valence-corrected chi connectivity index (χ0v) is 17.9. The van der Waals surface area contributed by atoms with Crippen molar-refractivity contribution in [3.8, 4) is 11.1 Å². The number of hydrogen-bond acceptors (Lipinski definition) is 1. The molecule has 3 aromatic carbocycles. The number of halogens is 4. The van der Waals surface area contributed by atoms with Gasteiger partial charge >= 0.3 is 6.18 Å². The minimum absolute atomic E-state index is 0. The summed E-state index contributed by atoms with van der Waals surface area (Å²) in [6, 6.07) is 24.6. The summed E-state index contributed by atoms with van der Waals surface area (Å²) in [5.74, 6) is 0. The first-order valence-corrected chi connectivity index (χ1v) is 10.2. The molecule has 1 heterocycles. The van der Waals surface area contributed by atoms with Crippen LogP contribution in [0.3, 0.4) is 0 Å². The molecule has 162 valence electrons. The van der Waals surface area contributed by atoms with Crippen LogP contribution in [0.5, 0.6) is 0 Å². The molecule has 0 saturated heterocycles. The van der Waals surface area contributed by atoms with E-state index in [9.17, 15) is 13.2 Å². The first-order valence-electron chi connectivity index (χ1n) is 10.2. The SMILES string of the molecule is Cl.FC(F)(F)c1cccc(C2=CCN(CCc3ccc(-c4ccccc4)cc3)CC2)c1. The Morgan fingerprint density at radius 1 is 0.774 bits per heavy atom. The molecule has 4 rings (SSSR count). The molecular formula is C26H25ClF3N. The minimum Gasteiger partial charge on any atom is -0.299 e. The predicted octanol–water partition coefficient (Wildman–Crippen LogP) is 7.13. The molecule has 0 unspecified atom stereocenters. The maximum Gasteiger partial charge on any atom is 0.416 e. The fourth-order valence-corrected chi connectivity index (χ4v) is 3.85. The second-order valence-electron chi connectivity index (χ2n) is 7.67. The van der Waals surface area contributed by atoms with E-state index in [0.29, 0.717) is 5.56 Å². The van der Waals surface area contributed by atoms with Crippen LogP contribution >= 0.6 is 12.4 Å². The number of alkyl halides is 3. The van der Waals surface area contributed by atoms with E-state index in [4.69, 9.17) is 0 Å². The number of rotatable bonds is 5. The van der Waals surface area contributed by atoms with E-state index in [1.54, 1.807) is 6.07 Å². The van der Waals surface area contributed by atoms with Crippen LogP contribution in [-0.2, 0) is 12.6 Å². The topological polar surface area (TPSA) is 3.24 Å². The zero-order chi connectivity index (χ0) is 21.0. The lowest BCUT2D eigenvalue weighted by Crippen LogP contribution is -2.30. The third kappa shape index (κ3) is 5.99. The highest BCUT2D eigenvalue weighted by Crippen LogP contribution is 2.32. The zero-order valence-electron chi connectivity index (χ0n) is 17.1. The van der Waals surface area contributed by atoms with Gasteiger partial charge in [0.2, 0.25) is 0 Å². The molecule has 3 aromatic rings. The molecular weight excluding hydrogens is 419 g/mol. The molecule has 0 saturated carbocycles. The quantitative estimate of drug-likeness (QED) is 0.405. The van der Waals surface area contributed by atoms with Crippen molar-refractivity contribution in [2.75, 3.05) is 19.6 Å². The van der Waals surface area contributed by atoms with Gasteiger partial charge in [0.15, 0.2) is 0 Å². The van der Waals surface area contributed by atoms with E-state index >= 15 is 0 Å². The summed E-state index contributed by atoms with van der Waals surface area (Å²) in [6.07, 6.45) is -0.499. The summed E-state index contributed by atoms with van der Waals surface area (Å²) in [5.41, 5.74) is 4.83. The summed E-state index contributed by atoms with van der Waals surface area (Å²) in [4.78, 5) is 2.35. The highest BCUT2D eigenvalue weighted by Gasteiger charge is 2.30. The third-order valence-corrected chi connectivity index (χ3v) is 5.63. The van der Waals surface area contributed by atoms with Crippen molar-refractivity contribution in [1.29, 1.82) is 0 Å². The highest BCUT2D eigenvalue weighted by atomic mass is 35.5. The second-order valence-corrected chi connectivity index (χ2v) is 7.67. The Morgan fingerprint density at radius 2 is 1.45 bits per heavy atom. The Kier molecular flexibility index (Phi) is 7.58. The molecule has 1 nitrogen and oxygen atoms in total. The first kappa shape index (κ1) is 23.1. The highest BCUT2D eigenvalue weighted by molar-refractivity contribution is 5.85. The predicted molar refractivity (Wildman–Crippen MR) is 123 cm³/mol. The lowest BCUT2D eigenvalue weighted by molar-refractivity contribution is -0.137. The van der Waals surface area contributed by atoms with E-state index in [-0.39, 0.29) is 12.4 Å². The van der Waals surface area contributed by atoms with Crippen LogP contribution in [0.2, 0.25) is 0 Å². The summed E-state index contributed by atoms with van der Waals surface area (Å²) in [6.45, 7) is 2.58. The molecule has 0 amide bonds. The molecule has 0 radical (unpaired) electrons. The van der Waals surface area contributed by atoms with E-state index < -0.39 is 11.7 Å². The van der Waals surface area contributed by atoms with Gasteiger partial charge in [-0.25, -0.2) is 0 Å². The Morgan fingerprint density at radius 3 is 2.10 bits per heavy atom. The molecule has 1 aliphatic rings. The Labute approximate surface area is 187 Å². The van der Waals surface area contributed by atoms with Gasteiger partial charge in [-0.2, -0.15) is 13.2 Å². The number of benzene rings is 3. The van der Waals surface area contributed by atoms with Gasteiger partial charge in [0, 0.05) is 19.6 Å². The molecule has 0 bridgehead atoms. The summed E-state index contributed by atoms with van der Waals surface area (Å²) >= 11 is 0. The van der Waals surface area contributed by atoms with Crippen molar-refractivity contribution in [2.45, 2.75) is 19.0 Å². The largest absolute Gasteiger partial charge is 0.416 e. The van der Waals surface area contributed by atoms with Crippen molar-refractivity contribution >= 4 is 18.0 Å². The van der Waals surface area contributed by atoms with E-state index in [1.165, 1.54) is 28.8 Å². The molecule has 0 fully saturated rings. The van der Waals surface area contributed by atoms with Crippen molar-refractivity contribution in [1.82, 2.24) is 4.90 Å². The molecule has 0 atom stereocenters. The number of nitrogens with zero attached hydrogens (tertiary/aromatic N) is 1. The van der Waals surface area contributed by atoms with Gasteiger partial charge in [0.05, 0.1) is 5.56 Å². The standard InChI is InChI=1S/C26H24F3N.ClH/c27-26(28,29)25-8-4-7-24(19-25)23-14-17-30(18-15-23)16-13-20-9-11-22(12-10-20)21-5-2-1-3-6-21;/h1-12,14,19H,13,15-18H2;1H. The van der Waals surface area contributed by atoms with Gasteiger partial charge in [-0.05, 0) is 52.8 Å². The second kappa shape index (κ2) is 10.2. The van der Waals surface area contributed by atoms with Crippen molar-refractivity contribution < 1.29 is 13.2 Å². The van der Waals surface area contributed by atoms with Crippen molar-refractivity contribution in [3.63, 3.8) is 0 Å². The average Bonchev–Trinajstić information content (AvgIpc) is 2.78.